The zero-order chi connectivity index (χ0) is 15.0. The Balaban J connectivity index is 1.94. The Hall–Kier alpha value is -1.94. The molecule has 1 saturated heterocycles. The van der Waals surface area contributed by atoms with Gasteiger partial charge in [-0.15, -0.1) is 0 Å². The Labute approximate surface area is 125 Å². The van der Waals surface area contributed by atoms with E-state index >= 15 is 0 Å². The van der Waals surface area contributed by atoms with E-state index in [1.807, 2.05) is 42.2 Å². The Kier molecular flexibility index (Phi) is 3.64. The van der Waals surface area contributed by atoms with Crippen molar-refractivity contribution in [2.45, 2.75) is 32.9 Å². The smallest absolute Gasteiger partial charge is 0.272 e. The van der Waals surface area contributed by atoms with Gasteiger partial charge >= 0.3 is 0 Å². The van der Waals surface area contributed by atoms with E-state index in [0.717, 1.165) is 29.6 Å². The topological polar surface area (TPSA) is 45.2 Å². The molecular formula is C17H21N3O. The molecule has 2 heterocycles. The highest BCUT2D eigenvalue weighted by Gasteiger charge is 2.26. The van der Waals surface area contributed by atoms with Gasteiger partial charge in [0.15, 0.2) is 0 Å². The van der Waals surface area contributed by atoms with Crippen LogP contribution in [-0.2, 0) is 0 Å². The second-order valence-corrected chi connectivity index (χ2v) is 6.02. The van der Waals surface area contributed by atoms with E-state index in [2.05, 4.69) is 24.1 Å². The Morgan fingerprint density at radius 2 is 1.90 bits per heavy atom. The lowest BCUT2D eigenvalue weighted by molar-refractivity contribution is 0.0668. The third-order valence-electron chi connectivity index (χ3n) is 3.99. The highest BCUT2D eigenvalue weighted by atomic mass is 16.2. The molecule has 1 aromatic carbocycles. The van der Waals surface area contributed by atoms with Crippen LogP contribution in [-0.4, -0.2) is 41.0 Å². The lowest BCUT2D eigenvalue weighted by Gasteiger charge is -2.36. The van der Waals surface area contributed by atoms with E-state index in [-0.39, 0.29) is 5.91 Å². The maximum Gasteiger partial charge on any atom is 0.272 e. The van der Waals surface area contributed by atoms with E-state index in [1.165, 1.54) is 0 Å². The fourth-order valence-corrected chi connectivity index (χ4v) is 3.11. The van der Waals surface area contributed by atoms with Gasteiger partial charge < -0.3 is 10.2 Å². The predicted octanol–water partition coefficient (Wildman–Crippen LogP) is 2.37. The summed E-state index contributed by atoms with van der Waals surface area (Å²) in [7, 11) is 0. The molecule has 3 rings (SSSR count). The van der Waals surface area contributed by atoms with Crippen LogP contribution in [0.25, 0.3) is 10.9 Å². The summed E-state index contributed by atoms with van der Waals surface area (Å²) < 4.78 is 0. The normalized spacial score (nSPS) is 22.5. The Bertz CT molecular complexity index is 673. The number of aromatic nitrogens is 1. The summed E-state index contributed by atoms with van der Waals surface area (Å²) in [6.45, 7) is 7.71. The first-order chi connectivity index (χ1) is 10.0. The van der Waals surface area contributed by atoms with Crippen LogP contribution in [0, 0.1) is 6.92 Å². The monoisotopic (exact) mass is 283 g/mol. The number of carbonyl (C=O) groups excluding carboxylic acids is 1. The minimum atomic E-state index is 0.0315. The number of pyridine rings is 1. The van der Waals surface area contributed by atoms with Gasteiger partial charge in [-0.2, -0.15) is 0 Å². The van der Waals surface area contributed by atoms with Crippen LogP contribution in [0.4, 0.5) is 0 Å². The number of carbonyl (C=O) groups is 1. The molecule has 4 heteroatoms. The first kappa shape index (κ1) is 14.0. The maximum absolute atomic E-state index is 12.7. The second-order valence-electron chi connectivity index (χ2n) is 6.02. The van der Waals surface area contributed by atoms with Crippen molar-refractivity contribution in [3.63, 3.8) is 0 Å². The van der Waals surface area contributed by atoms with Crippen molar-refractivity contribution in [2.24, 2.45) is 0 Å². The summed E-state index contributed by atoms with van der Waals surface area (Å²) in [5.41, 5.74) is 2.53. The SMILES string of the molecule is Cc1cc(C(=O)N2CC(C)NC(C)C2)nc2ccccc12. The minimum absolute atomic E-state index is 0.0315. The summed E-state index contributed by atoms with van der Waals surface area (Å²) in [6, 6.07) is 10.5. The fraction of sp³-hybridized carbons (Fsp3) is 0.412. The van der Waals surface area contributed by atoms with Gasteiger partial charge in [-0.05, 0) is 38.5 Å². The molecule has 4 nitrogen and oxygen atoms in total. The second kappa shape index (κ2) is 5.45. The highest BCUT2D eigenvalue weighted by molar-refractivity contribution is 5.96. The highest BCUT2D eigenvalue weighted by Crippen LogP contribution is 2.19. The largest absolute Gasteiger partial charge is 0.334 e. The van der Waals surface area contributed by atoms with Gasteiger partial charge in [0.1, 0.15) is 5.69 Å². The van der Waals surface area contributed by atoms with E-state index in [0.29, 0.717) is 17.8 Å². The van der Waals surface area contributed by atoms with Gasteiger partial charge in [-0.3, -0.25) is 4.79 Å². The number of amides is 1. The fourth-order valence-electron chi connectivity index (χ4n) is 3.11. The molecule has 2 unspecified atom stereocenters. The number of hydrogen-bond acceptors (Lipinski definition) is 3. The molecule has 1 N–H and O–H groups in total. The molecule has 2 atom stereocenters. The number of para-hydroxylation sites is 1. The zero-order valence-electron chi connectivity index (χ0n) is 12.8. The Morgan fingerprint density at radius 1 is 1.24 bits per heavy atom. The van der Waals surface area contributed by atoms with Gasteiger partial charge in [0.25, 0.3) is 5.91 Å². The van der Waals surface area contributed by atoms with Crippen LogP contribution in [0.15, 0.2) is 30.3 Å². The molecule has 1 aliphatic rings. The minimum Gasteiger partial charge on any atom is -0.334 e. The molecule has 0 saturated carbocycles. The average Bonchev–Trinajstić information content (AvgIpc) is 2.45. The van der Waals surface area contributed by atoms with Gasteiger partial charge in [-0.25, -0.2) is 4.98 Å². The number of fused-ring (bicyclic) bond motifs is 1. The molecule has 1 aliphatic heterocycles. The zero-order valence-corrected chi connectivity index (χ0v) is 12.8. The van der Waals surface area contributed by atoms with Crippen molar-refractivity contribution in [1.29, 1.82) is 0 Å². The van der Waals surface area contributed by atoms with Crippen molar-refractivity contribution in [3.8, 4) is 0 Å². The van der Waals surface area contributed by atoms with Gasteiger partial charge in [-0.1, -0.05) is 18.2 Å². The molecule has 0 bridgehead atoms. The first-order valence-corrected chi connectivity index (χ1v) is 7.46. The third-order valence-corrected chi connectivity index (χ3v) is 3.99. The number of nitrogens with zero attached hydrogens (tertiary/aromatic N) is 2. The third kappa shape index (κ3) is 2.76. The van der Waals surface area contributed by atoms with Crippen LogP contribution < -0.4 is 5.32 Å². The molecule has 1 fully saturated rings. The van der Waals surface area contributed by atoms with E-state index in [4.69, 9.17) is 0 Å². The van der Waals surface area contributed by atoms with Gasteiger partial charge in [0.2, 0.25) is 0 Å². The van der Waals surface area contributed by atoms with Gasteiger partial charge in [0, 0.05) is 30.6 Å². The predicted molar refractivity (Wildman–Crippen MR) is 84.4 cm³/mol. The standard InChI is InChI=1S/C17H21N3O/c1-11-8-16(19-15-7-5-4-6-14(11)15)17(21)20-9-12(2)18-13(3)10-20/h4-8,12-13,18H,9-10H2,1-3H3. The van der Waals surface area contributed by atoms with Crippen molar-refractivity contribution < 1.29 is 4.79 Å². The summed E-state index contributed by atoms with van der Waals surface area (Å²) >= 11 is 0. The number of benzene rings is 1. The van der Waals surface area contributed by atoms with E-state index in [9.17, 15) is 4.79 Å². The van der Waals surface area contributed by atoms with Crippen molar-refractivity contribution >= 4 is 16.8 Å². The molecule has 0 aliphatic carbocycles. The number of piperazine rings is 1. The van der Waals surface area contributed by atoms with Crippen LogP contribution in [0.3, 0.4) is 0 Å². The number of nitrogens with one attached hydrogen (secondary N) is 1. The molecule has 110 valence electrons. The summed E-state index contributed by atoms with van der Waals surface area (Å²) in [4.78, 5) is 19.2. The average molecular weight is 283 g/mol. The number of aryl methyl sites for hydroxylation is 1. The van der Waals surface area contributed by atoms with Crippen LogP contribution >= 0.6 is 0 Å². The number of rotatable bonds is 1. The summed E-state index contributed by atoms with van der Waals surface area (Å²) in [5, 5.41) is 4.55. The van der Waals surface area contributed by atoms with E-state index < -0.39 is 0 Å². The Morgan fingerprint density at radius 3 is 2.62 bits per heavy atom. The first-order valence-electron chi connectivity index (χ1n) is 7.46. The van der Waals surface area contributed by atoms with Crippen molar-refractivity contribution in [1.82, 2.24) is 15.2 Å². The lowest BCUT2D eigenvalue weighted by Crippen LogP contribution is -2.55. The lowest BCUT2D eigenvalue weighted by atomic mass is 10.1. The summed E-state index contributed by atoms with van der Waals surface area (Å²) in [5.74, 6) is 0.0315. The maximum atomic E-state index is 12.7. The molecule has 1 amide bonds. The molecule has 1 aromatic heterocycles. The molecular weight excluding hydrogens is 262 g/mol. The number of hydrogen-bond donors (Lipinski definition) is 1. The van der Waals surface area contributed by atoms with Crippen LogP contribution in [0.2, 0.25) is 0 Å². The molecule has 0 radical (unpaired) electrons. The summed E-state index contributed by atoms with van der Waals surface area (Å²) in [6.07, 6.45) is 0. The van der Waals surface area contributed by atoms with Crippen LogP contribution in [0.1, 0.15) is 29.9 Å². The molecule has 2 aromatic rings. The van der Waals surface area contributed by atoms with Crippen LogP contribution in [0.5, 0.6) is 0 Å². The van der Waals surface area contributed by atoms with E-state index in [1.54, 1.807) is 0 Å². The van der Waals surface area contributed by atoms with Crippen molar-refractivity contribution in [3.05, 3.63) is 41.6 Å². The quantitative estimate of drug-likeness (QED) is 0.874. The molecule has 0 spiro atoms. The van der Waals surface area contributed by atoms with Gasteiger partial charge in [0.05, 0.1) is 5.52 Å². The molecule has 21 heavy (non-hydrogen) atoms. The van der Waals surface area contributed by atoms with Crippen molar-refractivity contribution in [2.75, 3.05) is 13.1 Å².